The van der Waals surface area contributed by atoms with Crippen LogP contribution >= 0.6 is 11.3 Å². The Kier molecular flexibility index (Phi) is 5.29. The maximum atomic E-state index is 12.6. The van der Waals surface area contributed by atoms with Gasteiger partial charge in [-0.05, 0) is 6.92 Å². The van der Waals surface area contributed by atoms with Gasteiger partial charge < -0.3 is 14.7 Å². The third kappa shape index (κ3) is 3.95. The van der Waals surface area contributed by atoms with Crippen molar-refractivity contribution < 1.29 is 9.59 Å². The van der Waals surface area contributed by atoms with E-state index in [0.717, 1.165) is 37.7 Å². The molecule has 0 radical (unpaired) electrons. The maximum absolute atomic E-state index is 12.6. The summed E-state index contributed by atoms with van der Waals surface area (Å²) in [6.45, 7) is 7.22. The van der Waals surface area contributed by atoms with Crippen LogP contribution in [0.4, 0.5) is 4.79 Å². The molecule has 8 heteroatoms. The number of carbonyl (C=O) groups excluding carboxylic acids is 2. The summed E-state index contributed by atoms with van der Waals surface area (Å²) < 4.78 is 0. The van der Waals surface area contributed by atoms with Gasteiger partial charge in [0, 0.05) is 76.8 Å². The Morgan fingerprint density at radius 3 is 2.72 bits per heavy atom. The molecule has 138 valence electrons. The van der Waals surface area contributed by atoms with E-state index in [9.17, 15) is 9.59 Å². The Balaban J connectivity index is 1.82. The van der Waals surface area contributed by atoms with Gasteiger partial charge in [0.2, 0.25) is 5.91 Å². The van der Waals surface area contributed by atoms with E-state index >= 15 is 0 Å². The number of rotatable bonds is 3. The summed E-state index contributed by atoms with van der Waals surface area (Å²) in [6, 6.07) is 0.0258. The monoisotopic (exact) mass is 365 g/mol. The quantitative estimate of drug-likeness (QED) is 0.807. The molecule has 0 unspecified atom stereocenters. The first kappa shape index (κ1) is 18.1. The molecule has 2 fully saturated rings. The van der Waals surface area contributed by atoms with Crippen LogP contribution in [-0.2, 0) is 11.3 Å². The van der Waals surface area contributed by atoms with Crippen LogP contribution in [0.1, 0.15) is 18.4 Å². The highest BCUT2D eigenvalue weighted by atomic mass is 32.1. The molecule has 1 atom stereocenters. The molecule has 0 aliphatic carbocycles. The van der Waals surface area contributed by atoms with Crippen LogP contribution in [0, 0.1) is 5.41 Å². The largest absolute Gasteiger partial charge is 0.342 e. The van der Waals surface area contributed by atoms with Crippen LogP contribution in [0.5, 0.6) is 0 Å². The Bertz CT molecular complexity index is 621. The molecule has 2 aliphatic rings. The predicted molar refractivity (Wildman–Crippen MR) is 97.4 cm³/mol. The van der Waals surface area contributed by atoms with E-state index in [1.807, 2.05) is 28.3 Å². The fourth-order valence-corrected chi connectivity index (χ4v) is 4.59. The Morgan fingerprint density at radius 1 is 1.32 bits per heavy atom. The minimum absolute atomic E-state index is 0.0258. The lowest BCUT2D eigenvalue weighted by Gasteiger charge is -2.34. The number of hydrogen-bond acceptors (Lipinski definition) is 5. The number of likely N-dealkylation sites (tertiary alicyclic amines) is 1. The maximum Gasteiger partial charge on any atom is 0.319 e. The predicted octanol–water partition coefficient (Wildman–Crippen LogP) is 1.18. The molecule has 1 aromatic rings. The van der Waals surface area contributed by atoms with Gasteiger partial charge in [0.15, 0.2) is 0 Å². The average Bonchev–Trinajstić information content (AvgIpc) is 3.13. The van der Waals surface area contributed by atoms with Crippen molar-refractivity contribution in [1.29, 1.82) is 0 Å². The van der Waals surface area contributed by atoms with Gasteiger partial charge in [-0.15, -0.1) is 11.3 Å². The van der Waals surface area contributed by atoms with E-state index in [1.54, 1.807) is 30.3 Å². The first-order valence-electron chi connectivity index (χ1n) is 8.77. The van der Waals surface area contributed by atoms with Crippen LogP contribution in [0.2, 0.25) is 0 Å². The molecule has 7 nitrogen and oxygen atoms in total. The molecule has 2 saturated heterocycles. The van der Waals surface area contributed by atoms with E-state index in [-0.39, 0.29) is 17.4 Å². The standard InChI is InChI=1S/C17H27N5O2S/c1-4-21-12-17(9-15(21)23)11-20(10-14-18-5-8-25-14)6-7-22(13-17)16(24)19(2)3/h5,8H,4,6-7,9-13H2,1-3H3/t17-/m0/s1. The molecular formula is C17H27N5O2S. The second-order valence-electron chi connectivity index (χ2n) is 7.32. The van der Waals surface area contributed by atoms with Crippen LogP contribution in [-0.4, -0.2) is 89.9 Å². The van der Waals surface area contributed by atoms with Gasteiger partial charge in [0.05, 0.1) is 6.54 Å². The highest BCUT2D eigenvalue weighted by Crippen LogP contribution is 2.35. The summed E-state index contributed by atoms with van der Waals surface area (Å²) >= 11 is 1.65. The van der Waals surface area contributed by atoms with Crippen molar-refractivity contribution in [1.82, 2.24) is 24.6 Å². The highest BCUT2D eigenvalue weighted by molar-refractivity contribution is 7.09. The molecule has 1 spiro atoms. The number of thiazole rings is 1. The molecule has 0 aromatic carbocycles. The van der Waals surface area contributed by atoms with Crippen LogP contribution in [0.15, 0.2) is 11.6 Å². The lowest BCUT2D eigenvalue weighted by atomic mass is 9.86. The molecule has 1 aromatic heterocycles. The smallest absolute Gasteiger partial charge is 0.319 e. The second kappa shape index (κ2) is 7.29. The van der Waals surface area contributed by atoms with Crippen molar-refractivity contribution in [3.8, 4) is 0 Å². The SMILES string of the molecule is CCN1C[C@]2(CC1=O)CN(Cc1nccs1)CCN(C(=O)N(C)C)C2. The summed E-state index contributed by atoms with van der Waals surface area (Å²) in [7, 11) is 3.57. The topological polar surface area (TPSA) is 60.0 Å². The normalized spacial score (nSPS) is 24.8. The summed E-state index contributed by atoms with van der Waals surface area (Å²) in [4.78, 5) is 37.2. The molecule has 3 heterocycles. The third-order valence-electron chi connectivity index (χ3n) is 5.05. The number of amides is 3. The highest BCUT2D eigenvalue weighted by Gasteiger charge is 2.47. The van der Waals surface area contributed by atoms with Crippen molar-refractivity contribution in [3.05, 3.63) is 16.6 Å². The van der Waals surface area contributed by atoms with Gasteiger partial charge in [0.1, 0.15) is 5.01 Å². The number of hydrogen-bond donors (Lipinski definition) is 0. The van der Waals surface area contributed by atoms with Gasteiger partial charge >= 0.3 is 6.03 Å². The van der Waals surface area contributed by atoms with Gasteiger partial charge in [-0.25, -0.2) is 9.78 Å². The first-order chi connectivity index (χ1) is 11.9. The molecule has 0 bridgehead atoms. The first-order valence-corrected chi connectivity index (χ1v) is 9.65. The Morgan fingerprint density at radius 2 is 2.12 bits per heavy atom. The van der Waals surface area contributed by atoms with Gasteiger partial charge in [-0.1, -0.05) is 0 Å². The molecule has 25 heavy (non-hydrogen) atoms. The molecule has 2 aliphatic heterocycles. The van der Waals surface area contributed by atoms with E-state index < -0.39 is 0 Å². The molecule has 0 saturated carbocycles. The number of urea groups is 1. The number of nitrogens with zero attached hydrogens (tertiary/aromatic N) is 5. The molecule has 3 rings (SSSR count). The van der Waals surface area contributed by atoms with E-state index in [4.69, 9.17) is 0 Å². The second-order valence-corrected chi connectivity index (χ2v) is 8.30. The van der Waals surface area contributed by atoms with Crippen LogP contribution in [0.3, 0.4) is 0 Å². The van der Waals surface area contributed by atoms with E-state index in [2.05, 4.69) is 9.88 Å². The Labute approximate surface area is 153 Å². The van der Waals surface area contributed by atoms with Crippen molar-refractivity contribution in [2.75, 3.05) is 53.4 Å². The zero-order chi connectivity index (χ0) is 18.0. The van der Waals surface area contributed by atoms with Gasteiger partial charge in [0.25, 0.3) is 0 Å². The van der Waals surface area contributed by atoms with Crippen molar-refractivity contribution in [2.45, 2.75) is 19.9 Å². The molecule has 0 N–H and O–H groups in total. The minimum atomic E-state index is -0.188. The zero-order valence-corrected chi connectivity index (χ0v) is 16.1. The Hall–Kier alpha value is -1.67. The van der Waals surface area contributed by atoms with Crippen molar-refractivity contribution >= 4 is 23.3 Å². The van der Waals surface area contributed by atoms with Crippen molar-refractivity contribution in [2.24, 2.45) is 5.41 Å². The lowest BCUT2D eigenvalue weighted by molar-refractivity contribution is -0.127. The van der Waals surface area contributed by atoms with Crippen LogP contribution in [0.25, 0.3) is 0 Å². The van der Waals surface area contributed by atoms with Crippen molar-refractivity contribution in [3.63, 3.8) is 0 Å². The fraction of sp³-hybridized carbons (Fsp3) is 0.706. The summed E-state index contributed by atoms with van der Waals surface area (Å²) in [5, 5.41) is 3.07. The summed E-state index contributed by atoms with van der Waals surface area (Å²) in [5.41, 5.74) is -0.188. The number of aromatic nitrogens is 1. The lowest BCUT2D eigenvalue weighted by Crippen LogP contribution is -2.47. The van der Waals surface area contributed by atoms with Gasteiger partial charge in [-0.2, -0.15) is 0 Å². The molecule has 3 amide bonds. The van der Waals surface area contributed by atoms with Gasteiger partial charge in [-0.3, -0.25) is 9.69 Å². The fourth-order valence-electron chi connectivity index (χ4n) is 3.93. The average molecular weight is 366 g/mol. The number of carbonyl (C=O) groups is 2. The van der Waals surface area contributed by atoms with E-state index in [0.29, 0.717) is 19.5 Å². The van der Waals surface area contributed by atoms with Crippen LogP contribution < -0.4 is 0 Å². The van der Waals surface area contributed by atoms with E-state index in [1.165, 1.54) is 0 Å². The summed E-state index contributed by atoms with van der Waals surface area (Å²) in [5.74, 6) is 0.204. The zero-order valence-electron chi connectivity index (χ0n) is 15.3. The minimum Gasteiger partial charge on any atom is -0.342 e. The third-order valence-corrected chi connectivity index (χ3v) is 5.82. The molecular weight excluding hydrogens is 338 g/mol. The summed E-state index contributed by atoms with van der Waals surface area (Å²) in [6.07, 6.45) is 2.35.